The van der Waals surface area contributed by atoms with Gasteiger partial charge in [0.05, 0.1) is 6.61 Å². The third-order valence-electron chi connectivity index (χ3n) is 2.33. The lowest BCUT2D eigenvalue weighted by atomic mass is 10.0. The van der Waals surface area contributed by atoms with Gasteiger partial charge in [0, 0.05) is 7.11 Å². The second-order valence-electron chi connectivity index (χ2n) is 4.31. The molecular formula is C13H20O2. The van der Waals surface area contributed by atoms with Crippen LogP contribution in [-0.4, -0.2) is 18.8 Å². The van der Waals surface area contributed by atoms with Gasteiger partial charge in [0.25, 0.3) is 0 Å². The molecule has 1 atom stereocenters. The van der Waals surface area contributed by atoms with Crippen LogP contribution in [0.5, 0.6) is 0 Å². The van der Waals surface area contributed by atoms with Crippen molar-refractivity contribution in [2.24, 2.45) is 5.92 Å². The summed E-state index contributed by atoms with van der Waals surface area (Å²) < 4.78 is 4.90. The maximum Gasteiger partial charge on any atom is 0.102 e. The van der Waals surface area contributed by atoms with E-state index in [0.717, 1.165) is 12.0 Å². The molecule has 0 saturated heterocycles. The summed E-state index contributed by atoms with van der Waals surface area (Å²) in [6, 6.07) is 8.10. The fourth-order valence-electron chi connectivity index (χ4n) is 1.60. The summed E-state index contributed by atoms with van der Waals surface area (Å²) in [5.74, 6) is 0.666. The fourth-order valence-corrected chi connectivity index (χ4v) is 1.60. The number of hydrogen-bond donors (Lipinski definition) is 1. The summed E-state index contributed by atoms with van der Waals surface area (Å²) in [4.78, 5) is 0. The molecule has 1 N–H and O–H groups in total. The molecule has 0 aromatic heterocycles. The van der Waals surface area contributed by atoms with Crippen LogP contribution in [0.4, 0.5) is 0 Å². The van der Waals surface area contributed by atoms with Crippen LogP contribution in [0.25, 0.3) is 0 Å². The Morgan fingerprint density at radius 3 is 2.27 bits per heavy atom. The minimum Gasteiger partial charge on any atom is -0.386 e. The fraction of sp³-hybridized carbons (Fsp3) is 0.538. The van der Waals surface area contributed by atoms with Gasteiger partial charge in [-0.25, -0.2) is 0 Å². The number of benzene rings is 1. The predicted octanol–water partition coefficient (Wildman–Crippen LogP) is 2.56. The Morgan fingerprint density at radius 1 is 1.20 bits per heavy atom. The van der Waals surface area contributed by atoms with Gasteiger partial charge in [0.15, 0.2) is 0 Å². The van der Waals surface area contributed by atoms with E-state index < -0.39 is 6.10 Å². The van der Waals surface area contributed by atoms with Crippen LogP contribution in [0.15, 0.2) is 24.3 Å². The molecule has 0 aliphatic carbocycles. The zero-order chi connectivity index (χ0) is 11.3. The van der Waals surface area contributed by atoms with E-state index in [4.69, 9.17) is 4.74 Å². The highest BCUT2D eigenvalue weighted by atomic mass is 16.5. The van der Waals surface area contributed by atoms with Crippen LogP contribution in [0, 0.1) is 5.92 Å². The number of hydrogen-bond acceptors (Lipinski definition) is 2. The lowest BCUT2D eigenvalue weighted by Gasteiger charge is -2.11. The molecule has 1 aromatic rings. The molecule has 0 aliphatic heterocycles. The van der Waals surface area contributed by atoms with Crippen molar-refractivity contribution in [3.63, 3.8) is 0 Å². The van der Waals surface area contributed by atoms with Gasteiger partial charge >= 0.3 is 0 Å². The number of ether oxygens (including phenoxy) is 1. The molecule has 1 rings (SSSR count). The molecule has 0 saturated carbocycles. The number of aliphatic hydroxyl groups excluding tert-OH is 1. The summed E-state index contributed by atoms with van der Waals surface area (Å²) in [5, 5.41) is 9.67. The molecule has 2 heteroatoms. The SMILES string of the molecule is COCC(O)c1ccc(CC(C)C)cc1. The van der Waals surface area contributed by atoms with Crippen molar-refractivity contribution >= 4 is 0 Å². The molecule has 1 unspecified atom stereocenters. The van der Waals surface area contributed by atoms with E-state index in [9.17, 15) is 5.11 Å². The lowest BCUT2D eigenvalue weighted by molar-refractivity contribution is 0.0644. The highest BCUT2D eigenvalue weighted by molar-refractivity contribution is 5.24. The average molecular weight is 208 g/mol. The second-order valence-corrected chi connectivity index (χ2v) is 4.31. The van der Waals surface area contributed by atoms with Crippen LogP contribution in [0.2, 0.25) is 0 Å². The van der Waals surface area contributed by atoms with Gasteiger partial charge < -0.3 is 9.84 Å². The van der Waals surface area contributed by atoms with Crippen LogP contribution in [0.3, 0.4) is 0 Å². The van der Waals surface area contributed by atoms with Crippen LogP contribution < -0.4 is 0 Å². The first-order chi connectivity index (χ1) is 7.13. The van der Waals surface area contributed by atoms with E-state index in [1.54, 1.807) is 7.11 Å². The van der Waals surface area contributed by atoms with E-state index in [2.05, 4.69) is 26.0 Å². The first kappa shape index (κ1) is 12.2. The standard InChI is InChI=1S/C13H20O2/c1-10(2)8-11-4-6-12(7-5-11)13(14)9-15-3/h4-7,10,13-14H,8-9H2,1-3H3. The first-order valence-electron chi connectivity index (χ1n) is 5.39. The summed E-state index contributed by atoms with van der Waals surface area (Å²) in [6.45, 7) is 4.75. The van der Waals surface area contributed by atoms with Crippen molar-refractivity contribution in [2.75, 3.05) is 13.7 Å². The number of aliphatic hydroxyl groups is 1. The van der Waals surface area contributed by atoms with Gasteiger partial charge in [0.2, 0.25) is 0 Å². The molecule has 2 nitrogen and oxygen atoms in total. The molecule has 0 radical (unpaired) electrons. The molecule has 84 valence electrons. The second kappa shape index (κ2) is 5.89. The van der Waals surface area contributed by atoms with Crippen molar-refractivity contribution < 1.29 is 9.84 Å². The van der Waals surface area contributed by atoms with E-state index in [-0.39, 0.29) is 0 Å². The molecule has 0 bridgehead atoms. The Balaban J connectivity index is 2.63. The quantitative estimate of drug-likeness (QED) is 0.806. The van der Waals surface area contributed by atoms with Crippen molar-refractivity contribution in [3.8, 4) is 0 Å². The van der Waals surface area contributed by atoms with E-state index in [1.165, 1.54) is 5.56 Å². The Kier molecular flexibility index (Phi) is 4.79. The lowest BCUT2D eigenvalue weighted by Crippen LogP contribution is -2.05. The molecule has 1 aromatic carbocycles. The van der Waals surface area contributed by atoms with E-state index in [0.29, 0.717) is 12.5 Å². The smallest absolute Gasteiger partial charge is 0.102 e. The van der Waals surface area contributed by atoms with Crippen molar-refractivity contribution in [3.05, 3.63) is 35.4 Å². The van der Waals surface area contributed by atoms with Gasteiger partial charge in [-0.1, -0.05) is 38.1 Å². The monoisotopic (exact) mass is 208 g/mol. The summed E-state index contributed by atoms with van der Waals surface area (Å²) in [7, 11) is 1.59. The number of rotatable bonds is 5. The highest BCUT2D eigenvalue weighted by Crippen LogP contribution is 2.15. The summed E-state index contributed by atoms with van der Waals surface area (Å²) >= 11 is 0. The summed E-state index contributed by atoms with van der Waals surface area (Å²) in [6.07, 6.45) is 0.573. The Morgan fingerprint density at radius 2 is 1.80 bits per heavy atom. The minimum atomic E-state index is -0.511. The normalized spacial score (nSPS) is 13.1. The molecule has 15 heavy (non-hydrogen) atoms. The van der Waals surface area contributed by atoms with Crippen LogP contribution in [0.1, 0.15) is 31.1 Å². The predicted molar refractivity (Wildman–Crippen MR) is 61.8 cm³/mol. The molecule has 0 fully saturated rings. The zero-order valence-electron chi connectivity index (χ0n) is 9.73. The topological polar surface area (TPSA) is 29.5 Å². The Bertz CT molecular complexity index is 277. The van der Waals surface area contributed by atoms with E-state index >= 15 is 0 Å². The average Bonchev–Trinajstić information content (AvgIpc) is 2.18. The third kappa shape index (κ3) is 4.02. The van der Waals surface area contributed by atoms with Gasteiger partial charge in [-0.05, 0) is 23.5 Å². The van der Waals surface area contributed by atoms with Gasteiger partial charge in [-0.2, -0.15) is 0 Å². The van der Waals surface area contributed by atoms with Gasteiger partial charge in [0.1, 0.15) is 6.10 Å². The molecule has 0 amide bonds. The van der Waals surface area contributed by atoms with Crippen molar-refractivity contribution in [1.29, 1.82) is 0 Å². The number of methoxy groups -OCH3 is 1. The van der Waals surface area contributed by atoms with Crippen molar-refractivity contribution in [1.82, 2.24) is 0 Å². The first-order valence-corrected chi connectivity index (χ1v) is 5.39. The minimum absolute atomic E-state index is 0.351. The van der Waals surface area contributed by atoms with Crippen LogP contribution >= 0.6 is 0 Å². The van der Waals surface area contributed by atoms with Gasteiger partial charge in [-0.15, -0.1) is 0 Å². The zero-order valence-corrected chi connectivity index (χ0v) is 9.73. The largest absolute Gasteiger partial charge is 0.386 e. The van der Waals surface area contributed by atoms with Crippen LogP contribution in [-0.2, 0) is 11.2 Å². The highest BCUT2D eigenvalue weighted by Gasteiger charge is 2.06. The maximum absolute atomic E-state index is 9.67. The summed E-state index contributed by atoms with van der Waals surface area (Å²) in [5.41, 5.74) is 2.24. The van der Waals surface area contributed by atoms with Crippen molar-refractivity contribution in [2.45, 2.75) is 26.4 Å². The van der Waals surface area contributed by atoms with E-state index in [1.807, 2.05) is 12.1 Å². The molecular weight excluding hydrogens is 188 g/mol. The Hall–Kier alpha value is -0.860. The molecule has 0 spiro atoms. The third-order valence-corrected chi connectivity index (χ3v) is 2.33. The maximum atomic E-state index is 9.67. The molecule has 0 heterocycles. The molecule has 0 aliphatic rings. The van der Waals surface area contributed by atoms with Gasteiger partial charge in [-0.3, -0.25) is 0 Å². The Labute approximate surface area is 91.9 Å².